The molecule has 0 amide bonds. The van der Waals surface area contributed by atoms with Gasteiger partial charge in [0.2, 0.25) is 0 Å². The van der Waals surface area contributed by atoms with Gasteiger partial charge in [0.25, 0.3) is 0 Å². The summed E-state index contributed by atoms with van der Waals surface area (Å²) in [5.41, 5.74) is 1.03. The highest BCUT2D eigenvalue weighted by Crippen LogP contribution is 2.26. The average molecular weight is 234 g/mol. The summed E-state index contributed by atoms with van der Waals surface area (Å²) in [6, 6.07) is 6.35. The topological polar surface area (TPSA) is 35.8 Å². The largest absolute Gasteiger partial charge is 0.380 e. The molecular formula is C14H19FN2. The minimum atomic E-state index is -0.372. The second-order valence-electron chi connectivity index (χ2n) is 4.31. The number of nitrogens with zero attached hydrogens (tertiary/aromatic N) is 1. The fraction of sp³-hybridized carbons (Fsp3) is 0.500. The molecule has 1 aromatic rings. The molecule has 0 radical (unpaired) electrons. The second-order valence-corrected chi connectivity index (χ2v) is 4.31. The Hall–Kier alpha value is -1.56. The van der Waals surface area contributed by atoms with Crippen molar-refractivity contribution in [3.8, 4) is 6.07 Å². The summed E-state index contributed by atoms with van der Waals surface area (Å²) < 4.78 is 13.3. The molecule has 0 heterocycles. The maximum Gasteiger partial charge on any atom is 0.126 e. The maximum absolute atomic E-state index is 13.3. The zero-order chi connectivity index (χ0) is 12.9. The molecule has 3 heteroatoms. The van der Waals surface area contributed by atoms with Crippen molar-refractivity contribution in [2.75, 3.05) is 5.32 Å². The van der Waals surface area contributed by atoms with Gasteiger partial charge in [-0.25, -0.2) is 4.39 Å². The molecule has 0 spiro atoms. The highest BCUT2D eigenvalue weighted by Gasteiger charge is 2.23. The van der Waals surface area contributed by atoms with Crippen LogP contribution in [0.4, 0.5) is 10.1 Å². The number of halogens is 1. The van der Waals surface area contributed by atoms with E-state index in [1.807, 2.05) is 6.07 Å². The Morgan fingerprint density at radius 1 is 1.18 bits per heavy atom. The van der Waals surface area contributed by atoms with Crippen LogP contribution in [0.5, 0.6) is 0 Å². The highest BCUT2D eigenvalue weighted by molar-refractivity contribution is 5.51. The monoisotopic (exact) mass is 234 g/mol. The average Bonchev–Trinajstić information content (AvgIpc) is 2.35. The molecule has 0 saturated carbocycles. The van der Waals surface area contributed by atoms with E-state index in [1.165, 1.54) is 12.1 Å². The van der Waals surface area contributed by atoms with Gasteiger partial charge in [-0.15, -0.1) is 0 Å². The minimum absolute atomic E-state index is 0.0134. The van der Waals surface area contributed by atoms with Gasteiger partial charge in [-0.3, -0.25) is 0 Å². The van der Waals surface area contributed by atoms with Gasteiger partial charge < -0.3 is 5.32 Å². The number of rotatable bonds is 5. The fourth-order valence-electron chi connectivity index (χ4n) is 2.05. The van der Waals surface area contributed by atoms with Crippen LogP contribution in [0.2, 0.25) is 0 Å². The van der Waals surface area contributed by atoms with Crippen molar-refractivity contribution in [1.82, 2.24) is 0 Å². The van der Waals surface area contributed by atoms with Gasteiger partial charge in [0, 0.05) is 11.2 Å². The number of nitriles is 1. The third-order valence-electron chi connectivity index (χ3n) is 3.47. The smallest absolute Gasteiger partial charge is 0.126 e. The molecule has 0 saturated heterocycles. The lowest BCUT2D eigenvalue weighted by atomic mass is 9.89. The molecule has 0 aliphatic carbocycles. The van der Waals surface area contributed by atoms with Crippen molar-refractivity contribution < 1.29 is 4.39 Å². The van der Waals surface area contributed by atoms with E-state index in [2.05, 4.69) is 26.1 Å². The van der Waals surface area contributed by atoms with E-state index in [4.69, 9.17) is 5.26 Å². The quantitative estimate of drug-likeness (QED) is 0.833. The highest BCUT2D eigenvalue weighted by atomic mass is 19.1. The summed E-state index contributed by atoms with van der Waals surface area (Å²) in [7, 11) is 0. The third kappa shape index (κ3) is 3.20. The van der Waals surface area contributed by atoms with Crippen LogP contribution in [0.1, 0.15) is 45.6 Å². The van der Waals surface area contributed by atoms with Gasteiger partial charge in [0.05, 0.1) is 11.6 Å². The van der Waals surface area contributed by atoms with Crippen LogP contribution < -0.4 is 5.32 Å². The van der Waals surface area contributed by atoms with Crippen LogP contribution >= 0.6 is 0 Å². The summed E-state index contributed by atoms with van der Waals surface area (Å²) in [6.07, 6.45) is 2.91. The van der Waals surface area contributed by atoms with Crippen LogP contribution in [0, 0.1) is 17.1 Å². The number of nitrogens with one attached hydrogen (secondary N) is 1. The van der Waals surface area contributed by atoms with E-state index >= 15 is 0 Å². The summed E-state index contributed by atoms with van der Waals surface area (Å²) >= 11 is 0. The van der Waals surface area contributed by atoms with Gasteiger partial charge in [-0.05, 0) is 37.5 Å². The van der Waals surface area contributed by atoms with Crippen molar-refractivity contribution in [2.45, 2.75) is 45.6 Å². The zero-order valence-corrected chi connectivity index (χ0v) is 10.7. The van der Waals surface area contributed by atoms with Gasteiger partial charge in [0.15, 0.2) is 0 Å². The molecule has 1 rings (SSSR count). The standard InChI is InChI=1S/C14H19FN2/c1-4-14(5-2,6-3)17-13-8-11(10-16)7-12(15)9-13/h7-9,17H,4-6H2,1-3H3. The van der Waals surface area contributed by atoms with Crippen LogP contribution in [-0.4, -0.2) is 5.54 Å². The van der Waals surface area contributed by atoms with Crippen LogP contribution in [-0.2, 0) is 0 Å². The molecule has 2 nitrogen and oxygen atoms in total. The SMILES string of the molecule is CCC(CC)(CC)Nc1cc(F)cc(C#N)c1. The van der Waals surface area contributed by atoms with E-state index < -0.39 is 0 Å². The van der Waals surface area contributed by atoms with Gasteiger partial charge in [-0.1, -0.05) is 20.8 Å². The lowest BCUT2D eigenvalue weighted by Crippen LogP contribution is -2.36. The zero-order valence-electron chi connectivity index (χ0n) is 10.7. The minimum Gasteiger partial charge on any atom is -0.380 e. The lowest BCUT2D eigenvalue weighted by Gasteiger charge is -2.33. The molecule has 92 valence electrons. The molecule has 1 N–H and O–H groups in total. The van der Waals surface area contributed by atoms with Crippen molar-refractivity contribution in [1.29, 1.82) is 5.26 Å². The van der Waals surface area contributed by atoms with Crippen molar-refractivity contribution in [3.05, 3.63) is 29.6 Å². The molecule has 0 fully saturated rings. The Morgan fingerprint density at radius 2 is 1.76 bits per heavy atom. The summed E-state index contributed by atoms with van der Waals surface area (Å²) in [5, 5.41) is 12.2. The van der Waals surface area contributed by atoms with Gasteiger partial charge >= 0.3 is 0 Å². The molecular weight excluding hydrogens is 215 g/mol. The molecule has 17 heavy (non-hydrogen) atoms. The van der Waals surface area contributed by atoms with E-state index in [0.717, 1.165) is 19.3 Å². The van der Waals surface area contributed by atoms with Crippen LogP contribution in [0.25, 0.3) is 0 Å². The Balaban J connectivity index is 3.02. The lowest BCUT2D eigenvalue weighted by molar-refractivity contribution is 0.420. The number of anilines is 1. The molecule has 0 unspecified atom stereocenters. The van der Waals surface area contributed by atoms with Crippen molar-refractivity contribution >= 4 is 5.69 Å². The Kier molecular flexibility index (Phi) is 4.51. The van der Waals surface area contributed by atoms with E-state index in [-0.39, 0.29) is 11.4 Å². The Bertz CT molecular complexity index is 408. The first-order valence-electron chi connectivity index (χ1n) is 6.08. The number of benzene rings is 1. The predicted molar refractivity (Wildman–Crippen MR) is 68.3 cm³/mol. The number of hydrogen-bond acceptors (Lipinski definition) is 2. The van der Waals surface area contributed by atoms with Crippen LogP contribution in [0.3, 0.4) is 0 Å². The van der Waals surface area contributed by atoms with Crippen LogP contribution in [0.15, 0.2) is 18.2 Å². The Labute approximate surface area is 102 Å². The fourth-order valence-corrected chi connectivity index (χ4v) is 2.05. The Morgan fingerprint density at radius 3 is 2.24 bits per heavy atom. The first-order chi connectivity index (χ1) is 8.09. The summed E-state index contributed by atoms with van der Waals surface area (Å²) in [6.45, 7) is 6.35. The summed E-state index contributed by atoms with van der Waals surface area (Å²) in [5.74, 6) is -0.372. The van der Waals surface area contributed by atoms with Crippen molar-refractivity contribution in [3.63, 3.8) is 0 Å². The molecule has 0 atom stereocenters. The molecule has 1 aromatic carbocycles. The first-order valence-corrected chi connectivity index (χ1v) is 6.08. The van der Waals surface area contributed by atoms with Gasteiger partial charge in [-0.2, -0.15) is 5.26 Å². The second kappa shape index (κ2) is 5.67. The molecule has 0 aliphatic rings. The molecule has 0 bridgehead atoms. The number of hydrogen-bond donors (Lipinski definition) is 1. The normalized spacial score (nSPS) is 11.0. The predicted octanol–water partition coefficient (Wildman–Crippen LogP) is 4.08. The molecule has 0 aromatic heterocycles. The van der Waals surface area contributed by atoms with Gasteiger partial charge in [0.1, 0.15) is 5.82 Å². The van der Waals surface area contributed by atoms with E-state index in [0.29, 0.717) is 11.3 Å². The molecule has 0 aliphatic heterocycles. The van der Waals surface area contributed by atoms with Crippen molar-refractivity contribution in [2.24, 2.45) is 0 Å². The summed E-state index contributed by atoms with van der Waals surface area (Å²) in [4.78, 5) is 0. The first kappa shape index (κ1) is 13.5. The maximum atomic E-state index is 13.3. The third-order valence-corrected chi connectivity index (χ3v) is 3.47. The van der Waals surface area contributed by atoms with E-state index in [9.17, 15) is 4.39 Å². The van der Waals surface area contributed by atoms with E-state index in [1.54, 1.807) is 6.07 Å².